The van der Waals surface area contributed by atoms with Crippen molar-refractivity contribution in [3.63, 3.8) is 0 Å². The molecule has 0 atom stereocenters. The maximum atomic E-state index is 13.2. The number of oxazole rings is 1. The number of halogens is 2. The predicted molar refractivity (Wildman–Crippen MR) is 77.9 cm³/mol. The van der Waals surface area contributed by atoms with Crippen LogP contribution in [0.2, 0.25) is 0 Å². The molecule has 0 radical (unpaired) electrons. The van der Waals surface area contributed by atoms with Gasteiger partial charge in [0.15, 0.2) is 21.3 Å². The van der Waals surface area contributed by atoms with Gasteiger partial charge in [-0.05, 0) is 31.0 Å². The van der Waals surface area contributed by atoms with E-state index in [1.54, 1.807) is 13.0 Å². The van der Waals surface area contributed by atoms with E-state index >= 15 is 0 Å². The molecule has 1 aliphatic carbocycles. The van der Waals surface area contributed by atoms with Crippen molar-refractivity contribution in [1.82, 2.24) is 4.98 Å². The molecule has 120 valence electrons. The molecule has 1 aromatic carbocycles. The Morgan fingerprint density at radius 2 is 2.00 bits per heavy atom. The first-order valence-electron chi connectivity index (χ1n) is 7.32. The van der Waals surface area contributed by atoms with Crippen LogP contribution in [0.1, 0.15) is 44.4 Å². The van der Waals surface area contributed by atoms with Crippen LogP contribution < -0.4 is 0 Å². The molecule has 1 heterocycles. The molecule has 0 spiro atoms. The summed E-state index contributed by atoms with van der Waals surface area (Å²) in [6, 6.07) is 4.55. The Hall–Kier alpha value is -1.50. The van der Waals surface area contributed by atoms with Crippen LogP contribution in [0.4, 0.5) is 8.78 Å². The molecule has 1 fully saturated rings. The van der Waals surface area contributed by atoms with Crippen LogP contribution in [0.5, 0.6) is 0 Å². The summed E-state index contributed by atoms with van der Waals surface area (Å²) in [6.07, 6.45) is 0.345. The van der Waals surface area contributed by atoms with Gasteiger partial charge in [0.1, 0.15) is 5.52 Å². The standard InChI is InChI=1S/C15H17F2NO3S/c1-2-22(19,20)11-3-4-13-12(9-11)18-14(21-13)10-5-7-15(16,17)8-6-10/h3-4,9-10H,2,5-8H2,1H3. The zero-order chi connectivity index (χ0) is 16.0. The predicted octanol–water partition coefficient (Wildman–Crippen LogP) is 3.91. The number of nitrogens with zero attached hydrogens (tertiary/aromatic N) is 1. The SMILES string of the molecule is CCS(=O)(=O)c1ccc2oc(C3CCC(F)(F)CC3)nc2c1. The summed E-state index contributed by atoms with van der Waals surface area (Å²) in [7, 11) is -3.30. The fourth-order valence-corrected chi connectivity index (χ4v) is 3.65. The number of hydrogen-bond acceptors (Lipinski definition) is 4. The second-order valence-electron chi connectivity index (χ2n) is 5.72. The van der Waals surface area contributed by atoms with Gasteiger partial charge in [-0.15, -0.1) is 0 Å². The maximum Gasteiger partial charge on any atom is 0.248 e. The van der Waals surface area contributed by atoms with Gasteiger partial charge in [0, 0.05) is 18.8 Å². The summed E-state index contributed by atoms with van der Waals surface area (Å²) < 4.78 is 55.8. The van der Waals surface area contributed by atoms with Crippen molar-refractivity contribution in [2.75, 3.05) is 5.75 Å². The van der Waals surface area contributed by atoms with Crippen molar-refractivity contribution >= 4 is 20.9 Å². The highest BCUT2D eigenvalue weighted by Crippen LogP contribution is 2.41. The number of hydrogen-bond donors (Lipinski definition) is 0. The molecule has 22 heavy (non-hydrogen) atoms. The van der Waals surface area contributed by atoms with Crippen molar-refractivity contribution in [2.45, 2.75) is 49.3 Å². The summed E-state index contributed by atoms with van der Waals surface area (Å²) in [5.41, 5.74) is 0.948. The lowest BCUT2D eigenvalue weighted by Crippen LogP contribution is -2.23. The molecule has 1 aromatic heterocycles. The van der Waals surface area contributed by atoms with Crippen molar-refractivity contribution in [1.29, 1.82) is 0 Å². The third-order valence-corrected chi connectivity index (χ3v) is 5.91. The first kappa shape index (κ1) is 15.4. The number of benzene rings is 1. The Kier molecular flexibility index (Phi) is 3.71. The molecule has 0 bridgehead atoms. The molecule has 4 nitrogen and oxygen atoms in total. The summed E-state index contributed by atoms with van der Waals surface area (Å²) in [6.45, 7) is 1.58. The monoisotopic (exact) mass is 329 g/mol. The van der Waals surface area contributed by atoms with Gasteiger partial charge < -0.3 is 4.42 Å². The van der Waals surface area contributed by atoms with Crippen molar-refractivity contribution in [2.24, 2.45) is 0 Å². The molecule has 2 aromatic rings. The van der Waals surface area contributed by atoms with E-state index < -0.39 is 15.8 Å². The number of fused-ring (bicyclic) bond motifs is 1. The summed E-state index contributed by atoms with van der Waals surface area (Å²) in [5, 5.41) is 0. The molecular weight excluding hydrogens is 312 g/mol. The molecule has 0 aliphatic heterocycles. The minimum atomic E-state index is -3.30. The van der Waals surface area contributed by atoms with E-state index in [2.05, 4.69) is 4.98 Å². The largest absolute Gasteiger partial charge is 0.440 e. The highest BCUT2D eigenvalue weighted by molar-refractivity contribution is 7.91. The van der Waals surface area contributed by atoms with Gasteiger partial charge in [-0.3, -0.25) is 0 Å². The van der Waals surface area contributed by atoms with E-state index in [0.717, 1.165) is 0 Å². The zero-order valence-electron chi connectivity index (χ0n) is 12.2. The molecule has 0 unspecified atom stereocenters. The van der Waals surface area contributed by atoms with Crippen LogP contribution >= 0.6 is 0 Å². The van der Waals surface area contributed by atoms with Gasteiger partial charge in [-0.25, -0.2) is 22.2 Å². The maximum absolute atomic E-state index is 13.2. The Labute approximate surface area is 127 Å². The lowest BCUT2D eigenvalue weighted by molar-refractivity contribution is -0.0397. The fraction of sp³-hybridized carbons (Fsp3) is 0.533. The molecule has 0 amide bonds. The first-order chi connectivity index (χ1) is 10.3. The number of aromatic nitrogens is 1. The van der Waals surface area contributed by atoms with E-state index in [1.807, 2.05) is 0 Å². The lowest BCUT2D eigenvalue weighted by atomic mass is 9.87. The van der Waals surface area contributed by atoms with Gasteiger partial charge in [0.05, 0.1) is 10.6 Å². The average molecular weight is 329 g/mol. The minimum Gasteiger partial charge on any atom is -0.440 e. The third kappa shape index (κ3) is 2.86. The highest BCUT2D eigenvalue weighted by atomic mass is 32.2. The summed E-state index contributed by atoms with van der Waals surface area (Å²) in [4.78, 5) is 4.52. The zero-order valence-corrected chi connectivity index (χ0v) is 13.0. The van der Waals surface area contributed by atoms with Crippen LogP contribution in [-0.4, -0.2) is 25.1 Å². The van der Waals surface area contributed by atoms with Crippen molar-refractivity contribution in [3.05, 3.63) is 24.1 Å². The van der Waals surface area contributed by atoms with Gasteiger partial charge in [0.2, 0.25) is 5.92 Å². The smallest absolute Gasteiger partial charge is 0.248 e. The molecule has 0 N–H and O–H groups in total. The van der Waals surface area contributed by atoms with Crippen LogP contribution in [0, 0.1) is 0 Å². The summed E-state index contributed by atoms with van der Waals surface area (Å²) >= 11 is 0. The van der Waals surface area contributed by atoms with Crippen LogP contribution in [0.25, 0.3) is 11.1 Å². The Morgan fingerprint density at radius 3 is 2.64 bits per heavy atom. The second-order valence-corrected chi connectivity index (χ2v) is 7.99. The molecule has 3 rings (SSSR count). The van der Waals surface area contributed by atoms with Gasteiger partial charge in [-0.2, -0.15) is 0 Å². The second kappa shape index (κ2) is 5.30. The fourth-order valence-electron chi connectivity index (χ4n) is 2.75. The van der Waals surface area contributed by atoms with E-state index in [9.17, 15) is 17.2 Å². The molecule has 7 heteroatoms. The number of rotatable bonds is 3. The minimum absolute atomic E-state index is 0.0148. The van der Waals surface area contributed by atoms with E-state index in [0.29, 0.717) is 29.8 Å². The normalized spacial score (nSPS) is 19.6. The van der Waals surface area contributed by atoms with Crippen LogP contribution in [0.15, 0.2) is 27.5 Å². The van der Waals surface area contributed by atoms with E-state index in [1.165, 1.54) is 12.1 Å². The van der Waals surface area contributed by atoms with Gasteiger partial charge >= 0.3 is 0 Å². The number of sulfone groups is 1. The van der Waals surface area contributed by atoms with Crippen LogP contribution in [-0.2, 0) is 9.84 Å². The lowest BCUT2D eigenvalue weighted by Gasteiger charge is -2.26. The van der Waals surface area contributed by atoms with Gasteiger partial charge in [-0.1, -0.05) is 6.92 Å². The van der Waals surface area contributed by atoms with Crippen LogP contribution in [0.3, 0.4) is 0 Å². The van der Waals surface area contributed by atoms with Crippen molar-refractivity contribution < 1.29 is 21.6 Å². The molecule has 1 aliphatic rings. The Bertz CT molecular complexity index is 788. The molecule has 0 saturated heterocycles. The van der Waals surface area contributed by atoms with E-state index in [4.69, 9.17) is 4.42 Å². The third-order valence-electron chi connectivity index (χ3n) is 4.18. The van der Waals surface area contributed by atoms with E-state index in [-0.39, 0.29) is 29.4 Å². The first-order valence-corrected chi connectivity index (χ1v) is 8.97. The molecule has 1 saturated carbocycles. The number of alkyl halides is 2. The molecular formula is C15H17F2NO3S. The van der Waals surface area contributed by atoms with Gasteiger partial charge in [0.25, 0.3) is 0 Å². The van der Waals surface area contributed by atoms with Crippen molar-refractivity contribution in [3.8, 4) is 0 Å². The summed E-state index contributed by atoms with van der Waals surface area (Å²) in [5.74, 6) is -2.28. The highest BCUT2D eigenvalue weighted by Gasteiger charge is 2.37. The Morgan fingerprint density at radius 1 is 1.32 bits per heavy atom. The Balaban J connectivity index is 1.91. The quantitative estimate of drug-likeness (QED) is 0.856. The average Bonchev–Trinajstić information content (AvgIpc) is 2.90. The topological polar surface area (TPSA) is 60.2 Å².